The van der Waals surface area contributed by atoms with Crippen molar-refractivity contribution in [3.8, 4) is 0 Å². The molecule has 11 heteroatoms. The van der Waals surface area contributed by atoms with Gasteiger partial charge in [-0.05, 0) is 50.9 Å². The number of carboxylic acids is 2. The average Bonchev–Trinajstić information content (AvgIpc) is 3.02. The van der Waals surface area contributed by atoms with Crippen molar-refractivity contribution in [1.29, 1.82) is 0 Å². The minimum absolute atomic E-state index is 0. The molecule has 0 unspecified atom stereocenters. The van der Waals surface area contributed by atoms with Gasteiger partial charge in [-0.15, -0.1) is 18.8 Å². The third-order valence-electron chi connectivity index (χ3n) is 6.54. The third-order valence-corrected chi connectivity index (χ3v) is 6.54. The SMILES string of the molecule is C=C=CCCCCCCCCCCCCCCCCC(=O)O.CN.O=C(O)/C=C\CCC[N-]Cc1ccc(NONO)cc1.[K+]. The smallest absolute Gasteiger partial charge is 0.658 e. The van der Waals surface area contributed by atoms with Crippen LogP contribution < -0.4 is 68.2 Å². The molecule has 0 aliphatic heterocycles. The van der Waals surface area contributed by atoms with E-state index in [1.54, 1.807) is 18.2 Å². The molecule has 0 amide bonds. The van der Waals surface area contributed by atoms with Gasteiger partial charge in [0.05, 0.1) is 5.69 Å². The van der Waals surface area contributed by atoms with Gasteiger partial charge < -0.3 is 21.3 Å². The molecule has 252 valence electrons. The molecular weight excluding hydrogens is 599 g/mol. The van der Waals surface area contributed by atoms with E-state index in [-0.39, 0.29) is 51.4 Å². The number of benzene rings is 1. The Morgan fingerprint density at radius 1 is 0.844 bits per heavy atom. The third kappa shape index (κ3) is 40.6. The van der Waals surface area contributed by atoms with E-state index in [1.165, 1.54) is 89.7 Å². The molecule has 1 rings (SSSR count). The summed E-state index contributed by atoms with van der Waals surface area (Å²) in [6.45, 7) is 4.88. The molecule has 7 N–H and O–H groups in total. The first-order valence-electron chi connectivity index (χ1n) is 16.1. The van der Waals surface area contributed by atoms with Gasteiger partial charge >= 0.3 is 63.3 Å². The van der Waals surface area contributed by atoms with Gasteiger partial charge in [0.2, 0.25) is 0 Å². The van der Waals surface area contributed by atoms with Crippen LogP contribution in [0.25, 0.3) is 5.32 Å². The van der Waals surface area contributed by atoms with Gasteiger partial charge in [0, 0.05) is 12.5 Å². The van der Waals surface area contributed by atoms with E-state index in [4.69, 9.17) is 15.4 Å². The van der Waals surface area contributed by atoms with E-state index in [0.29, 0.717) is 31.6 Å². The average molecular weight is 659 g/mol. The number of anilines is 1. The first kappa shape index (κ1) is 48.1. The Bertz CT molecular complexity index is 849. The summed E-state index contributed by atoms with van der Waals surface area (Å²) in [5.74, 6) is -1.58. The Hall–Kier alpha value is -1.34. The second kappa shape index (κ2) is 40.7. The monoisotopic (exact) mass is 658 g/mol. The number of nitrogens with two attached hydrogens (primary N) is 1. The van der Waals surface area contributed by atoms with Crippen molar-refractivity contribution in [2.75, 3.05) is 19.1 Å². The summed E-state index contributed by atoms with van der Waals surface area (Å²) in [7, 11) is 1.50. The molecule has 0 aromatic heterocycles. The predicted octanol–water partition coefficient (Wildman–Crippen LogP) is 5.45. The zero-order valence-electron chi connectivity index (χ0n) is 28.0. The molecule has 0 radical (unpaired) electrons. The van der Waals surface area contributed by atoms with Crippen LogP contribution in [-0.2, 0) is 21.1 Å². The molecule has 1 aromatic rings. The molecule has 10 nitrogen and oxygen atoms in total. The van der Waals surface area contributed by atoms with Crippen molar-refractivity contribution in [2.24, 2.45) is 5.73 Å². The van der Waals surface area contributed by atoms with Crippen molar-refractivity contribution in [3.05, 3.63) is 65.7 Å². The van der Waals surface area contributed by atoms with E-state index in [1.807, 2.05) is 18.2 Å². The Morgan fingerprint density at radius 2 is 1.36 bits per heavy atom. The summed E-state index contributed by atoms with van der Waals surface area (Å²) in [5, 5.41) is 29.5. The maximum absolute atomic E-state index is 10.4. The van der Waals surface area contributed by atoms with Crippen LogP contribution in [0.2, 0.25) is 0 Å². The summed E-state index contributed by atoms with van der Waals surface area (Å²) >= 11 is 0. The zero-order valence-corrected chi connectivity index (χ0v) is 31.1. The van der Waals surface area contributed by atoms with Gasteiger partial charge in [-0.3, -0.25) is 10.0 Å². The predicted molar refractivity (Wildman–Crippen MR) is 179 cm³/mol. The normalized spacial score (nSPS) is 10.0. The van der Waals surface area contributed by atoms with Crippen molar-refractivity contribution in [3.63, 3.8) is 0 Å². The van der Waals surface area contributed by atoms with E-state index < -0.39 is 11.9 Å². The van der Waals surface area contributed by atoms with Crippen molar-refractivity contribution in [2.45, 2.75) is 122 Å². The number of carbonyl (C=O) groups is 2. The molecule has 0 atom stereocenters. The molecule has 0 saturated heterocycles. The molecule has 0 fully saturated rings. The number of nitrogens with one attached hydrogen (secondary N) is 2. The minimum Gasteiger partial charge on any atom is -0.658 e. The molecule has 0 saturated carbocycles. The van der Waals surface area contributed by atoms with E-state index in [9.17, 15) is 9.59 Å². The summed E-state index contributed by atoms with van der Waals surface area (Å²) < 4.78 is 0. The van der Waals surface area contributed by atoms with Crippen LogP contribution in [0.15, 0.2) is 54.8 Å². The number of hydrogen-bond acceptors (Lipinski definition) is 7. The molecule has 45 heavy (non-hydrogen) atoms. The maximum atomic E-state index is 10.4. The topological polar surface area (TPSA) is 168 Å². The fraction of sp³-hybridized carbons (Fsp3) is 0.618. The van der Waals surface area contributed by atoms with Gasteiger partial charge in [0.15, 0.2) is 0 Å². The molecule has 0 spiro atoms. The summed E-state index contributed by atoms with van der Waals surface area (Å²) in [5.41, 5.74) is 13.1. The van der Waals surface area contributed by atoms with Gasteiger partial charge in [-0.25, -0.2) is 10.3 Å². The molecule has 0 aliphatic rings. The first-order valence-corrected chi connectivity index (χ1v) is 16.1. The second-order valence-electron chi connectivity index (χ2n) is 10.3. The Morgan fingerprint density at radius 3 is 1.82 bits per heavy atom. The quantitative estimate of drug-likeness (QED) is 0.0237. The molecule has 0 bridgehead atoms. The number of carboxylic acid groups (broad SMARTS) is 2. The van der Waals surface area contributed by atoms with Crippen molar-refractivity contribution in [1.82, 2.24) is 5.64 Å². The summed E-state index contributed by atoms with van der Waals surface area (Å²) in [6.07, 6.45) is 25.9. The van der Waals surface area contributed by atoms with Crippen LogP contribution in [0.1, 0.15) is 121 Å². The molecule has 1 aromatic carbocycles. The van der Waals surface area contributed by atoms with Crippen LogP contribution in [0, 0.1) is 0 Å². The number of rotatable bonds is 27. The summed E-state index contributed by atoms with van der Waals surface area (Å²) in [6, 6.07) is 7.41. The Balaban J connectivity index is -0.000000729. The standard InChI is InChI=1S/C20H36O2.C13H18N3O4.CH5N.K/c1-2-3-4-5-6-7-8-9-10-11-12-13-14-15-16-17-18-19-20(21)22;17-13(18)4-2-1-3-9-14-10-11-5-7-12(8-6-11)15-20-16-19;1-2;/h3H,1,4-19H2,(H,21,22);2,4-8,15-16,19H,1,3,9-10H2,(H,17,18);2H2,1H3;/q;-1;;+1/b;4-2-;;. The van der Waals surface area contributed by atoms with Crippen molar-refractivity contribution < 1.29 is 81.3 Å². The molecule has 0 aliphatic carbocycles. The van der Waals surface area contributed by atoms with E-state index >= 15 is 0 Å². The minimum atomic E-state index is -0.920. The zero-order chi connectivity index (χ0) is 32.9. The Labute approximate surface area is 314 Å². The van der Waals surface area contributed by atoms with Crippen LogP contribution in [0.5, 0.6) is 0 Å². The van der Waals surface area contributed by atoms with Gasteiger partial charge in [-0.2, -0.15) is 4.94 Å². The number of allylic oxidation sites excluding steroid dienone is 2. The van der Waals surface area contributed by atoms with Crippen LogP contribution in [0.4, 0.5) is 5.69 Å². The van der Waals surface area contributed by atoms with Gasteiger partial charge in [0.25, 0.3) is 0 Å². The number of unbranched alkanes of at least 4 members (excludes halogenated alkanes) is 15. The molecule has 0 heterocycles. The number of aliphatic carboxylic acids is 2. The largest absolute Gasteiger partial charge is 1.00 e. The van der Waals surface area contributed by atoms with Crippen molar-refractivity contribution >= 4 is 17.6 Å². The Kier molecular flexibility index (Phi) is 43.4. The molecular formula is C34H59KN4O6. The fourth-order valence-corrected chi connectivity index (χ4v) is 4.22. The van der Waals surface area contributed by atoms with Crippen LogP contribution in [0.3, 0.4) is 0 Å². The van der Waals surface area contributed by atoms with Gasteiger partial charge in [-0.1, -0.05) is 119 Å². The van der Waals surface area contributed by atoms with Gasteiger partial charge in [0.1, 0.15) is 0 Å². The summed E-state index contributed by atoms with van der Waals surface area (Å²) in [4.78, 5) is 25.0. The fourth-order valence-electron chi connectivity index (χ4n) is 4.22. The van der Waals surface area contributed by atoms with Crippen LogP contribution in [-0.4, -0.2) is 41.0 Å². The first-order chi connectivity index (χ1) is 21.5. The maximum Gasteiger partial charge on any atom is 1.00 e. The van der Waals surface area contributed by atoms with E-state index in [2.05, 4.69) is 33.8 Å². The van der Waals surface area contributed by atoms with E-state index in [0.717, 1.165) is 37.3 Å². The van der Waals surface area contributed by atoms with Crippen LogP contribution >= 0.6 is 0 Å². The number of hydrogen-bond donors (Lipinski definition) is 6. The number of nitrogens with zero attached hydrogens (tertiary/aromatic N) is 1. The second-order valence-corrected chi connectivity index (χ2v) is 10.3.